The summed E-state index contributed by atoms with van der Waals surface area (Å²) in [5, 5.41) is 18.7. The molecule has 0 bridgehead atoms. The molecule has 0 atom stereocenters. The van der Waals surface area contributed by atoms with Gasteiger partial charge in [-0.2, -0.15) is 13.2 Å². The third kappa shape index (κ3) is 4.50. The van der Waals surface area contributed by atoms with Crippen molar-refractivity contribution in [2.24, 2.45) is 0 Å². The van der Waals surface area contributed by atoms with E-state index in [0.29, 0.717) is 5.56 Å². The number of rotatable bonds is 4. The van der Waals surface area contributed by atoms with Crippen LogP contribution in [0.15, 0.2) is 54.7 Å². The molecule has 1 aromatic heterocycles. The molecule has 0 saturated carbocycles. The van der Waals surface area contributed by atoms with Gasteiger partial charge in [0.15, 0.2) is 5.69 Å². The highest BCUT2D eigenvalue weighted by molar-refractivity contribution is 5.92. The summed E-state index contributed by atoms with van der Waals surface area (Å²) in [6.45, 7) is 0.403. The van der Waals surface area contributed by atoms with Gasteiger partial charge >= 0.3 is 6.18 Å². The van der Waals surface area contributed by atoms with E-state index in [-0.39, 0.29) is 49.6 Å². The zero-order valence-electron chi connectivity index (χ0n) is 16.9. The van der Waals surface area contributed by atoms with E-state index in [1.165, 1.54) is 34.0 Å². The summed E-state index contributed by atoms with van der Waals surface area (Å²) in [5.41, 5.74) is -1.63. The van der Waals surface area contributed by atoms with E-state index in [9.17, 15) is 27.5 Å². The van der Waals surface area contributed by atoms with Crippen molar-refractivity contribution in [3.05, 3.63) is 82.9 Å². The molecular weight excluding hydrogens is 428 g/mol. The van der Waals surface area contributed by atoms with Gasteiger partial charge in [0.05, 0.1) is 23.9 Å². The van der Waals surface area contributed by atoms with Gasteiger partial charge in [-0.05, 0) is 36.6 Å². The van der Waals surface area contributed by atoms with E-state index in [1.54, 1.807) is 18.2 Å². The Kier molecular flexibility index (Phi) is 5.72. The molecule has 1 saturated heterocycles. The van der Waals surface area contributed by atoms with E-state index in [1.807, 2.05) is 0 Å². The summed E-state index contributed by atoms with van der Waals surface area (Å²) in [4.78, 5) is 14.2. The highest BCUT2D eigenvalue weighted by atomic mass is 19.4. The van der Waals surface area contributed by atoms with Crippen LogP contribution in [0, 0.1) is 5.82 Å². The lowest BCUT2D eigenvalue weighted by atomic mass is 9.83. The maximum absolute atomic E-state index is 13.8. The van der Waals surface area contributed by atoms with Gasteiger partial charge in [0.1, 0.15) is 5.82 Å². The summed E-state index contributed by atoms with van der Waals surface area (Å²) in [5.74, 6) is -0.795. The van der Waals surface area contributed by atoms with Crippen molar-refractivity contribution in [3.63, 3.8) is 0 Å². The second-order valence-electron chi connectivity index (χ2n) is 7.80. The van der Waals surface area contributed by atoms with Crippen LogP contribution in [0.1, 0.15) is 40.0 Å². The number of benzene rings is 2. The van der Waals surface area contributed by atoms with E-state index >= 15 is 0 Å². The molecule has 1 aliphatic heterocycles. The minimum Gasteiger partial charge on any atom is -0.385 e. The monoisotopic (exact) mass is 448 g/mol. The second-order valence-corrected chi connectivity index (χ2v) is 7.80. The number of carbonyl (C=O) groups excluding carboxylic acids is 1. The van der Waals surface area contributed by atoms with Crippen molar-refractivity contribution in [1.29, 1.82) is 0 Å². The number of halogens is 4. The first-order valence-corrected chi connectivity index (χ1v) is 9.99. The van der Waals surface area contributed by atoms with Gasteiger partial charge < -0.3 is 10.0 Å². The molecule has 10 heteroatoms. The third-order valence-electron chi connectivity index (χ3n) is 5.65. The van der Waals surface area contributed by atoms with Crippen LogP contribution in [-0.4, -0.2) is 44.0 Å². The summed E-state index contributed by atoms with van der Waals surface area (Å²) < 4.78 is 54.2. The predicted octanol–water partition coefficient (Wildman–Crippen LogP) is 3.61. The number of carbonyl (C=O) groups is 1. The van der Waals surface area contributed by atoms with Crippen LogP contribution in [0.25, 0.3) is 0 Å². The number of likely N-dealkylation sites (tertiary alicyclic amines) is 1. The minimum atomic E-state index is -4.50. The van der Waals surface area contributed by atoms with Gasteiger partial charge in [-0.3, -0.25) is 4.79 Å². The fourth-order valence-electron chi connectivity index (χ4n) is 3.79. The topological polar surface area (TPSA) is 71.2 Å². The highest BCUT2D eigenvalue weighted by Crippen LogP contribution is 2.37. The fraction of sp³-hybridized carbons (Fsp3) is 0.318. The van der Waals surface area contributed by atoms with Crippen LogP contribution < -0.4 is 0 Å². The summed E-state index contributed by atoms with van der Waals surface area (Å²) in [6.07, 6.45) is -2.91. The lowest BCUT2D eigenvalue weighted by Crippen LogP contribution is -2.45. The fourth-order valence-corrected chi connectivity index (χ4v) is 3.79. The van der Waals surface area contributed by atoms with Crippen molar-refractivity contribution in [2.45, 2.75) is 31.2 Å². The smallest absolute Gasteiger partial charge is 0.385 e. The Morgan fingerprint density at radius 2 is 1.81 bits per heavy atom. The normalized spacial score (nSPS) is 16.2. The zero-order chi connectivity index (χ0) is 22.9. The molecule has 0 unspecified atom stereocenters. The number of hydrogen-bond donors (Lipinski definition) is 1. The molecular formula is C22H20F4N4O2. The molecule has 2 aromatic carbocycles. The molecule has 1 aliphatic rings. The Hall–Kier alpha value is -3.27. The molecule has 0 radical (unpaired) electrons. The van der Waals surface area contributed by atoms with E-state index in [4.69, 9.17) is 0 Å². The predicted molar refractivity (Wildman–Crippen MR) is 106 cm³/mol. The maximum atomic E-state index is 13.8. The van der Waals surface area contributed by atoms with Gasteiger partial charge in [-0.25, -0.2) is 9.07 Å². The van der Waals surface area contributed by atoms with Crippen molar-refractivity contribution in [2.75, 3.05) is 13.1 Å². The average Bonchev–Trinajstić information content (AvgIpc) is 3.23. The van der Waals surface area contributed by atoms with Crippen molar-refractivity contribution in [1.82, 2.24) is 19.9 Å². The van der Waals surface area contributed by atoms with Crippen LogP contribution in [-0.2, 0) is 18.3 Å². The number of nitrogens with zero attached hydrogens (tertiary/aromatic N) is 4. The standard InChI is InChI=1S/C22H20F4N4O2/c23-18-7-2-1-4-15(18)13-30-14-19(27-28-30)20(31)29-10-8-21(32,9-11-29)16-5-3-6-17(12-16)22(24,25)26/h1-7,12,14,32H,8-11,13H2. The number of aromatic nitrogens is 3. The summed E-state index contributed by atoms with van der Waals surface area (Å²) >= 11 is 0. The van der Waals surface area contributed by atoms with E-state index < -0.39 is 23.2 Å². The van der Waals surface area contributed by atoms with Crippen LogP contribution in [0.5, 0.6) is 0 Å². The largest absolute Gasteiger partial charge is 0.416 e. The van der Waals surface area contributed by atoms with Gasteiger partial charge in [0, 0.05) is 18.7 Å². The Balaban J connectivity index is 1.42. The highest BCUT2D eigenvalue weighted by Gasteiger charge is 2.38. The van der Waals surface area contributed by atoms with Crippen molar-refractivity contribution < 1.29 is 27.5 Å². The first-order valence-electron chi connectivity index (χ1n) is 9.99. The van der Waals surface area contributed by atoms with Crippen LogP contribution in [0.4, 0.5) is 17.6 Å². The van der Waals surface area contributed by atoms with Crippen molar-refractivity contribution >= 4 is 5.91 Å². The maximum Gasteiger partial charge on any atom is 0.416 e. The molecule has 32 heavy (non-hydrogen) atoms. The molecule has 3 aromatic rings. The van der Waals surface area contributed by atoms with Gasteiger partial charge in [0.25, 0.3) is 5.91 Å². The number of alkyl halides is 3. The molecule has 4 rings (SSSR count). The SMILES string of the molecule is O=C(c1cn(Cc2ccccc2F)nn1)N1CCC(O)(c2cccc(C(F)(F)F)c2)CC1. The zero-order valence-corrected chi connectivity index (χ0v) is 16.9. The number of amides is 1. The second kappa shape index (κ2) is 8.34. The first-order chi connectivity index (χ1) is 15.2. The summed E-state index contributed by atoms with van der Waals surface area (Å²) in [6, 6.07) is 10.8. The lowest BCUT2D eigenvalue weighted by Gasteiger charge is -2.38. The average molecular weight is 448 g/mol. The van der Waals surface area contributed by atoms with E-state index in [0.717, 1.165) is 12.1 Å². The van der Waals surface area contributed by atoms with Gasteiger partial charge in [-0.1, -0.05) is 35.5 Å². The Morgan fingerprint density at radius 1 is 1.09 bits per heavy atom. The summed E-state index contributed by atoms with van der Waals surface area (Å²) in [7, 11) is 0. The van der Waals surface area contributed by atoms with Crippen LogP contribution >= 0.6 is 0 Å². The Bertz CT molecular complexity index is 1120. The number of piperidine rings is 1. The molecule has 0 aliphatic carbocycles. The molecule has 1 amide bonds. The van der Waals surface area contributed by atoms with E-state index in [2.05, 4.69) is 10.3 Å². The first kappa shape index (κ1) is 21.9. The minimum absolute atomic E-state index is 0.0749. The molecule has 6 nitrogen and oxygen atoms in total. The molecule has 1 fully saturated rings. The third-order valence-corrected chi connectivity index (χ3v) is 5.65. The Morgan fingerprint density at radius 3 is 2.50 bits per heavy atom. The van der Waals surface area contributed by atoms with Gasteiger partial charge in [0.2, 0.25) is 0 Å². The Labute approximate surface area is 181 Å². The number of aliphatic hydroxyl groups is 1. The van der Waals surface area contributed by atoms with Crippen molar-refractivity contribution in [3.8, 4) is 0 Å². The lowest BCUT2D eigenvalue weighted by molar-refractivity contribution is -0.137. The molecule has 168 valence electrons. The van der Waals surface area contributed by atoms with Crippen LogP contribution in [0.2, 0.25) is 0 Å². The quantitative estimate of drug-likeness (QED) is 0.619. The van der Waals surface area contributed by atoms with Crippen LogP contribution in [0.3, 0.4) is 0 Å². The molecule has 1 N–H and O–H groups in total. The molecule has 2 heterocycles. The van der Waals surface area contributed by atoms with Gasteiger partial charge in [-0.15, -0.1) is 5.10 Å². The molecule has 0 spiro atoms. The number of hydrogen-bond acceptors (Lipinski definition) is 4.